The molecule has 114 valence electrons. The van der Waals surface area contributed by atoms with Crippen molar-refractivity contribution >= 4 is 17.6 Å². The van der Waals surface area contributed by atoms with Crippen LogP contribution in [0.3, 0.4) is 0 Å². The van der Waals surface area contributed by atoms with E-state index >= 15 is 0 Å². The van der Waals surface area contributed by atoms with E-state index in [-0.39, 0.29) is 18.4 Å². The highest BCUT2D eigenvalue weighted by atomic mass is 16.5. The van der Waals surface area contributed by atoms with Crippen molar-refractivity contribution in [3.05, 3.63) is 24.3 Å². The molecule has 0 aliphatic carbocycles. The molecule has 1 aliphatic rings. The Morgan fingerprint density at radius 1 is 1.43 bits per heavy atom. The van der Waals surface area contributed by atoms with Crippen molar-refractivity contribution in [1.29, 1.82) is 0 Å². The molecular formula is C15H20N2O4. The Kier molecular flexibility index (Phi) is 4.67. The molecule has 1 aromatic rings. The van der Waals surface area contributed by atoms with Crippen molar-refractivity contribution in [1.82, 2.24) is 4.90 Å². The van der Waals surface area contributed by atoms with Crippen LogP contribution in [-0.4, -0.2) is 47.6 Å². The summed E-state index contributed by atoms with van der Waals surface area (Å²) in [5.41, 5.74) is 0.843. The SMILES string of the molecule is CC(C)CN(CC(=O)O)C(=O)C1CNc2ccccc2O1. The molecule has 1 unspecified atom stereocenters. The molecule has 2 N–H and O–H groups in total. The van der Waals surface area contributed by atoms with Gasteiger partial charge in [-0.05, 0) is 18.1 Å². The lowest BCUT2D eigenvalue weighted by atomic mass is 10.1. The van der Waals surface area contributed by atoms with Gasteiger partial charge >= 0.3 is 5.97 Å². The van der Waals surface area contributed by atoms with Gasteiger partial charge in [0.25, 0.3) is 5.91 Å². The van der Waals surface area contributed by atoms with Gasteiger partial charge in [0, 0.05) is 6.54 Å². The number of carbonyl (C=O) groups is 2. The topological polar surface area (TPSA) is 78.9 Å². The number of ether oxygens (including phenoxy) is 1. The summed E-state index contributed by atoms with van der Waals surface area (Å²) >= 11 is 0. The molecule has 21 heavy (non-hydrogen) atoms. The molecular weight excluding hydrogens is 272 g/mol. The third-order valence-electron chi connectivity index (χ3n) is 3.13. The van der Waals surface area contributed by atoms with Crippen LogP contribution in [0.2, 0.25) is 0 Å². The zero-order valence-corrected chi connectivity index (χ0v) is 12.2. The van der Waals surface area contributed by atoms with Crippen LogP contribution in [0.5, 0.6) is 5.75 Å². The number of hydrogen-bond donors (Lipinski definition) is 2. The maximum Gasteiger partial charge on any atom is 0.323 e. The maximum atomic E-state index is 12.5. The predicted molar refractivity (Wildman–Crippen MR) is 78.4 cm³/mol. The fourth-order valence-corrected chi connectivity index (χ4v) is 2.29. The standard InChI is InChI=1S/C15H20N2O4/c1-10(2)8-17(9-14(18)19)15(20)13-7-16-11-5-3-4-6-12(11)21-13/h3-6,10,13,16H,7-9H2,1-2H3,(H,18,19). The van der Waals surface area contributed by atoms with Gasteiger partial charge in [-0.3, -0.25) is 9.59 Å². The Morgan fingerprint density at radius 2 is 2.14 bits per heavy atom. The summed E-state index contributed by atoms with van der Waals surface area (Å²) in [6.45, 7) is 4.31. The van der Waals surface area contributed by atoms with Crippen LogP contribution in [0.25, 0.3) is 0 Å². The summed E-state index contributed by atoms with van der Waals surface area (Å²) in [6.07, 6.45) is -0.696. The average molecular weight is 292 g/mol. The van der Waals surface area contributed by atoms with Gasteiger partial charge in [-0.15, -0.1) is 0 Å². The van der Waals surface area contributed by atoms with Crippen LogP contribution in [0.15, 0.2) is 24.3 Å². The number of nitrogens with zero attached hydrogens (tertiary/aromatic N) is 1. The predicted octanol–water partition coefficient (Wildman–Crippen LogP) is 1.43. The van der Waals surface area contributed by atoms with E-state index in [1.807, 2.05) is 32.0 Å². The number of carboxylic acid groups (broad SMARTS) is 1. The molecule has 1 atom stereocenters. The summed E-state index contributed by atoms with van der Waals surface area (Å²) in [7, 11) is 0. The van der Waals surface area contributed by atoms with E-state index in [0.717, 1.165) is 5.69 Å². The van der Waals surface area contributed by atoms with Crippen LogP contribution in [0.4, 0.5) is 5.69 Å². The van der Waals surface area contributed by atoms with Crippen molar-refractivity contribution in [2.45, 2.75) is 20.0 Å². The zero-order chi connectivity index (χ0) is 15.4. The number of anilines is 1. The van der Waals surface area contributed by atoms with E-state index in [9.17, 15) is 9.59 Å². The lowest BCUT2D eigenvalue weighted by Gasteiger charge is -2.31. The second-order valence-corrected chi connectivity index (χ2v) is 5.49. The molecule has 0 saturated carbocycles. The fourth-order valence-electron chi connectivity index (χ4n) is 2.29. The minimum absolute atomic E-state index is 0.192. The smallest absolute Gasteiger partial charge is 0.323 e. The number of benzene rings is 1. The van der Waals surface area contributed by atoms with Crippen LogP contribution in [0.1, 0.15) is 13.8 Å². The lowest BCUT2D eigenvalue weighted by Crippen LogP contribution is -2.49. The van der Waals surface area contributed by atoms with Gasteiger partial charge in [-0.2, -0.15) is 0 Å². The first-order valence-electron chi connectivity index (χ1n) is 6.97. The molecule has 0 spiro atoms. The minimum Gasteiger partial charge on any atom is -0.480 e. The summed E-state index contributed by atoms with van der Waals surface area (Å²) in [5, 5.41) is 12.1. The van der Waals surface area contributed by atoms with Crippen molar-refractivity contribution < 1.29 is 19.4 Å². The van der Waals surface area contributed by atoms with Crippen LogP contribution in [-0.2, 0) is 9.59 Å². The maximum absolute atomic E-state index is 12.5. The zero-order valence-electron chi connectivity index (χ0n) is 12.2. The van der Waals surface area contributed by atoms with E-state index in [2.05, 4.69) is 5.32 Å². The normalized spacial score (nSPS) is 16.6. The Balaban J connectivity index is 2.09. The fraction of sp³-hybridized carbons (Fsp3) is 0.467. The molecule has 1 amide bonds. The molecule has 0 saturated heterocycles. The Bertz CT molecular complexity index is 530. The number of para-hydroxylation sites is 2. The Hall–Kier alpha value is -2.24. The van der Waals surface area contributed by atoms with Gasteiger partial charge in [0.15, 0.2) is 6.10 Å². The first-order chi connectivity index (χ1) is 9.97. The van der Waals surface area contributed by atoms with Crippen LogP contribution in [0, 0.1) is 5.92 Å². The second-order valence-electron chi connectivity index (χ2n) is 5.49. The number of hydrogen-bond acceptors (Lipinski definition) is 4. The molecule has 6 heteroatoms. The number of carboxylic acids is 1. The number of carbonyl (C=O) groups excluding carboxylic acids is 1. The van der Waals surface area contributed by atoms with E-state index < -0.39 is 12.1 Å². The number of fused-ring (bicyclic) bond motifs is 1. The van der Waals surface area contributed by atoms with Crippen LogP contribution < -0.4 is 10.1 Å². The van der Waals surface area contributed by atoms with Gasteiger partial charge < -0.3 is 20.1 Å². The summed E-state index contributed by atoms with van der Waals surface area (Å²) < 4.78 is 5.69. The second kappa shape index (κ2) is 6.47. The third-order valence-corrected chi connectivity index (χ3v) is 3.13. The van der Waals surface area contributed by atoms with Crippen molar-refractivity contribution in [2.75, 3.05) is 25.0 Å². The number of amides is 1. The van der Waals surface area contributed by atoms with E-state index in [1.54, 1.807) is 6.07 Å². The largest absolute Gasteiger partial charge is 0.480 e. The third kappa shape index (κ3) is 3.87. The monoisotopic (exact) mass is 292 g/mol. The molecule has 1 heterocycles. The summed E-state index contributed by atoms with van der Waals surface area (Å²) in [5.74, 6) is -0.514. The Morgan fingerprint density at radius 3 is 2.81 bits per heavy atom. The van der Waals surface area contributed by atoms with Gasteiger partial charge in [-0.25, -0.2) is 0 Å². The number of rotatable bonds is 5. The van der Waals surface area contributed by atoms with Crippen molar-refractivity contribution in [3.63, 3.8) is 0 Å². The van der Waals surface area contributed by atoms with Crippen molar-refractivity contribution in [2.24, 2.45) is 5.92 Å². The Labute approximate surface area is 123 Å². The van der Waals surface area contributed by atoms with Gasteiger partial charge in [0.2, 0.25) is 0 Å². The summed E-state index contributed by atoms with van der Waals surface area (Å²) in [6, 6.07) is 7.37. The molecule has 0 aromatic heterocycles. The molecule has 0 bridgehead atoms. The highest BCUT2D eigenvalue weighted by Crippen LogP contribution is 2.28. The van der Waals surface area contributed by atoms with Crippen LogP contribution >= 0.6 is 0 Å². The number of nitrogens with one attached hydrogen (secondary N) is 1. The molecule has 2 rings (SSSR count). The summed E-state index contributed by atoms with van der Waals surface area (Å²) in [4.78, 5) is 24.7. The first-order valence-corrected chi connectivity index (χ1v) is 6.97. The lowest BCUT2D eigenvalue weighted by molar-refractivity contribution is -0.148. The van der Waals surface area contributed by atoms with E-state index in [4.69, 9.17) is 9.84 Å². The van der Waals surface area contributed by atoms with Gasteiger partial charge in [-0.1, -0.05) is 26.0 Å². The molecule has 0 fully saturated rings. The highest BCUT2D eigenvalue weighted by Gasteiger charge is 2.30. The average Bonchev–Trinajstić information content (AvgIpc) is 2.44. The molecule has 6 nitrogen and oxygen atoms in total. The first kappa shape index (κ1) is 15.2. The number of aliphatic carboxylic acids is 1. The van der Waals surface area contributed by atoms with Crippen molar-refractivity contribution in [3.8, 4) is 5.75 Å². The van der Waals surface area contributed by atoms with Gasteiger partial charge in [0.1, 0.15) is 12.3 Å². The minimum atomic E-state index is -1.02. The van der Waals surface area contributed by atoms with E-state index in [0.29, 0.717) is 18.8 Å². The quantitative estimate of drug-likeness (QED) is 0.858. The van der Waals surface area contributed by atoms with Gasteiger partial charge in [0.05, 0.1) is 12.2 Å². The molecule has 0 radical (unpaired) electrons. The highest BCUT2D eigenvalue weighted by molar-refractivity contribution is 5.86. The molecule has 1 aliphatic heterocycles. The van der Waals surface area contributed by atoms with E-state index in [1.165, 1.54) is 4.90 Å². The molecule has 1 aromatic carbocycles.